The zero-order chi connectivity index (χ0) is 21.6. The third-order valence-electron chi connectivity index (χ3n) is 5.82. The van der Waals surface area contributed by atoms with Crippen molar-refractivity contribution in [3.05, 3.63) is 70.6 Å². The summed E-state index contributed by atoms with van der Waals surface area (Å²) < 4.78 is 5.29. The predicted molar refractivity (Wildman–Crippen MR) is 121 cm³/mol. The lowest BCUT2D eigenvalue weighted by molar-refractivity contribution is -0.121. The number of rotatable bonds is 8. The standard InChI is InChI=1S/C24H27ClN4O2/c1-2-21(29-14-13-17-5-3-4-6-19(17)16-29)15-26-22(30)11-12-23-27-24(28-31-23)18-7-9-20(25)10-8-18/h3-10,21H,2,11-16H2,1H3,(H,26,30). The zero-order valence-electron chi connectivity index (χ0n) is 17.7. The molecule has 0 saturated carbocycles. The van der Waals surface area contributed by atoms with Gasteiger partial charge in [-0.15, -0.1) is 0 Å². The highest BCUT2D eigenvalue weighted by Gasteiger charge is 2.22. The van der Waals surface area contributed by atoms with Gasteiger partial charge in [0.05, 0.1) is 0 Å². The molecule has 1 atom stereocenters. The Morgan fingerprint density at radius 1 is 1.19 bits per heavy atom. The largest absolute Gasteiger partial charge is 0.355 e. The molecule has 4 rings (SSSR count). The number of aryl methyl sites for hydroxylation is 1. The normalized spacial score (nSPS) is 14.8. The van der Waals surface area contributed by atoms with Gasteiger partial charge >= 0.3 is 0 Å². The topological polar surface area (TPSA) is 71.3 Å². The zero-order valence-corrected chi connectivity index (χ0v) is 18.4. The van der Waals surface area contributed by atoms with Crippen molar-refractivity contribution in [2.24, 2.45) is 0 Å². The van der Waals surface area contributed by atoms with Gasteiger partial charge in [0.15, 0.2) is 0 Å². The first-order valence-corrected chi connectivity index (χ1v) is 11.2. The van der Waals surface area contributed by atoms with E-state index >= 15 is 0 Å². The fourth-order valence-electron chi connectivity index (χ4n) is 3.97. The quantitative estimate of drug-likeness (QED) is 0.568. The van der Waals surface area contributed by atoms with Crippen LogP contribution < -0.4 is 5.32 Å². The van der Waals surface area contributed by atoms with E-state index in [0.29, 0.717) is 42.2 Å². The molecule has 162 valence electrons. The summed E-state index contributed by atoms with van der Waals surface area (Å²) in [7, 11) is 0. The second-order valence-electron chi connectivity index (χ2n) is 7.87. The van der Waals surface area contributed by atoms with Crippen LogP contribution in [-0.4, -0.2) is 40.1 Å². The molecule has 1 aromatic heterocycles. The van der Waals surface area contributed by atoms with Crippen LogP contribution >= 0.6 is 11.6 Å². The van der Waals surface area contributed by atoms with Crippen LogP contribution in [0.15, 0.2) is 53.1 Å². The second kappa shape index (κ2) is 10.1. The molecule has 2 aromatic carbocycles. The lowest BCUT2D eigenvalue weighted by atomic mass is 9.98. The van der Waals surface area contributed by atoms with Gasteiger partial charge in [0.25, 0.3) is 0 Å². The average Bonchev–Trinajstić information content (AvgIpc) is 3.27. The van der Waals surface area contributed by atoms with Gasteiger partial charge in [-0.1, -0.05) is 47.9 Å². The highest BCUT2D eigenvalue weighted by molar-refractivity contribution is 6.30. The van der Waals surface area contributed by atoms with Gasteiger partial charge in [-0.25, -0.2) is 0 Å². The maximum absolute atomic E-state index is 12.4. The Morgan fingerprint density at radius 3 is 2.74 bits per heavy atom. The molecule has 1 unspecified atom stereocenters. The van der Waals surface area contributed by atoms with E-state index in [1.807, 2.05) is 12.1 Å². The number of aromatic nitrogens is 2. The van der Waals surface area contributed by atoms with Crippen LogP contribution in [0.4, 0.5) is 0 Å². The van der Waals surface area contributed by atoms with Crippen molar-refractivity contribution in [1.82, 2.24) is 20.4 Å². The van der Waals surface area contributed by atoms with Crippen LogP contribution in [0.1, 0.15) is 36.8 Å². The maximum atomic E-state index is 12.4. The minimum atomic E-state index is 0.00195. The van der Waals surface area contributed by atoms with Crippen LogP contribution in [0.3, 0.4) is 0 Å². The van der Waals surface area contributed by atoms with Crippen molar-refractivity contribution < 1.29 is 9.32 Å². The molecule has 31 heavy (non-hydrogen) atoms. The van der Waals surface area contributed by atoms with Crippen LogP contribution in [0.25, 0.3) is 11.4 Å². The Hall–Kier alpha value is -2.70. The Labute approximate surface area is 187 Å². The van der Waals surface area contributed by atoms with E-state index in [0.717, 1.165) is 31.5 Å². The van der Waals surface area contributed by atoms with Gasteiger partial charge in [-0.3, -0.25) is 9.69 Å². The lowest BCUT2D eigenvalue weighted by Gasteiger charge is -2.35. The number of amides is 1. The van der Waals surface area contributed by atoms with Crippen LogP contribution in [0.2, 0.25) is 5.02 Å². The molecule has 6 nitrogen and oxygen atoms in total. The van der Waals surface area contributed by atoms with Gasteiger partial charge in [-0.2, -0.15) is 4.98 Å². The van der Waals surface area contributed by atoms with E-state index < -0.39 is 0 Å². The molecule has 2 heterocycles. The first-order valence-electron chi connectivity index (χ1n) is 10.8. The molecule has 1 N–H and O–H groups in total. The van der Waals surface area contributed by atoms with Crippen molar-refractivity contribution in [2.75, 3.05) is 13.1 Å². The van der Waals surface area contributed by atoms with Crippen LogP contribution in [0, 0.1) is 0 Å². The summed E-state index contributed by atoms with van der Waals surface area (Å²) >= 11 is 5.91. The van der Waals surface area contributed by atoms with Crippen molar-refractivity contribution >= 4 is 17.5 Å². The highest BCUT2D eigenvalue weighted by atomic mass is 35.5. The lowest BCUT2D eigenvalue weighted by Crippen LogP contribution is -2.45. The monoisotopic (exact) mass is 438 g/mol. The van der Waals surface area contributed by atoms with Crippen molar-refractivity contribution in [3.63, 3.8) is 0 Å². The molecule has 0 fully saturated rings. The van der Waals surface area contributed by atoms with Crippen molar-refractivity contribution in [3.8, 4) is 11.4 Å². The summed E-state index contributed by atoms with van der Waals surface area (Å²) in [5.41, 5.74) is 3.67. The summed E-state index contributed by atoms with van der Waals surface area (Å²) in [4.78, 5) is 19.2. The summed E-state index contributed by atoms with van der Waals surface area (Å²) in [6.07, 6.45) is 2.80. The molecular weight excluding hydrogens is 412 g/mol. The van der Waals surface area contributed by atoms with Crippen molar-refractivity contribution in [2.45, 2.75) is 45.2 Å². The molecule has 1 aliphatic heterocycles. The smallest absolute Gasteiger partial charge is 0.227 e. The average molecular weight is 439 g/mol. The summed E-state index contributed by atoms with van der Waals surface area (Å²) in [5.74, 6) is 0.963. The van der Waals surface area contributed by atoms with Gasteiger partial charge in [0.2, 0.25) is 17.6 Å². The fraction of sp³-hybridized carbons (Fsp3) is 0.375. The number of nitrogens with one attached hydrogen (secondary N) is 1. The number of fused-ring (bicyclic) bond motifs is 1. The molecule has 0 saturated heterocycles. The number of hydrogen-bond donors (Lipinski definition) is 1. The molecule has 0 bridgehead atoms. The molecular formula is C24H27ClN4O2. The highest BCUT2D eigenvalue weighted by Crippen LogP contribution is 2.21. The first-order chi connectivity index (χ1) is 15.1. The number of carbonyl (C=O) groups is 1. The van der Waals surface area contributed by atoms with Gasteiger partial charge in [-0.05, 0) is 48.2 Å². The molecule has 0 aliphatic carbocycles. The minimum Gasteiger partial charge on any atom is -0.355 e. The number of benzene rings is 2. The van der Waals surface area contributed by atoms with E-state index in [1.54, 1.807) is 12.1 Å². The molecule has 1 aliphatic rings. The number of nitrogens with zero attached hydrogens (tertiary/aromatic N) is 3. The maximum Gasteiger partial charge on any atom is 0.227 e. The molecule has 0 spiro atoms. The van der Waals surface area contributed by atoms with E-state index in [1.165, 1.54) is 11.1 Å². The fourth-order valence-corrected chi connectivity index (χ4v) is 4.10. The Balaban J connectivity index is 1.25. The third-order valence-corrected chi connectivity index (χ3v) is 6.07. The van der Waals surface area contributed by atoms with Gasteiger partial charge in [0.1, 0.15) is 0 Å². The van der Waals surface area contributed by atoms with Gasteiger partial charge < -0.3 is 9.84 Å². The Kier molecular flexibility index (Phi) is 6.99. The molecule has 3 aromatic rings. The number of carbonyl (C=O) groups excluding carboxylic acids is 1. The minimum absolute atomic E-state index is 0.00195. The molecule has 7 heteroatoms. The third kappa shape index (κ3) is 5.51. The van der Waals surface area contributed by atoms with E-state index in [2.05, 4.69) is 51.5 Å². The predicted octanol–water partition coefficient (Wildman–Crippen LogP) is 4.28. The molecule has 0 radical (unpaired) electrons. The number of hydrogen-bond acceptors (Lipinski definition) is 5. The van der Waals surface area contributed by atoms with Crippen molar-refractivity contribution in [1.29, 1.82) is 0 Å². The van der Waals surface area contributed by atoms with Gasteiger partial charge in [0, 0.05) is 49.1 Å². The Morgan fingerprint density at radius 2 is 1.97 bits per heavy atom. The Bertz CT molecular complexity index is 1020. The van der Waals surface area contributed by atoms with E-state index in [9.17, 15) is 4.79 Å². The SMILES string of the molecule is CCC(CNC(=O)CCc1nc(-c2ccc(Cl)cc2)no1)N1CCc2ccccc2C1. The first kappa shape index (κ1) is 21.5. The van der Waals surface area contributed by atoms with Crippen LogP contribution in [0.5, 0.6) is 0 Å². The number of halogens is 1. The van der Waals surface area contributed by atoms with E-state index in [-0.39, 0.29) is 5.91 Å². The summed E-state index contributed by atoms with van der Waals surface area (Å²) in [5, 5.41) is 7.73. The van der Waals surface area contributed by atoms with E-state index in [4.69, 9.17) is 16.1 Å². The summed E-state index contributed by atoms with van der Waals surface area (Å²) in [6.45, 7) is 4.80. The van der Waals surface area contributed by atoms with Crippen LogP contribution in [-0.2, 0) is 24.2 Å². The second-order valence-corrected chi connectivity index (χ2v) is 8.31. The molecule has 1 amide bonds. The summed E-state index contributed by atoms with van der Waals surface area (Å²) in [6, 6.07) is 16.2.